The van der Waals surface area contributed by atoms with E-state index in [2.05, 4.69) is 68.2 Å². The van der Waals surface area contributed by atoms with E-state index in [1.54, 1.807) is 0 Å². The Hall–Kier alpha value is -1.81. The summed E-state index contributed by atoms with van der Waals surface area (Å²) in [6.45, 7) is 2.14. The molecule has 0 aliphatic carbocycles. The fraction of sp³-hybridized carbons (Fsp3) is 0.478. The number of carbonyl (C=O) groups is 2. The van der Waals surface area contributed by atoms with Gasteiger partial charge in [-0.25, -0.2) is 0 Å². The van der Waals surface area contributed by atoms with E-state index in [-0.39, 0.29) is 17.5 Å². The third-order valence-corrected chi connectivity index (χ3v) is 4.03. The molecular formula is C23H34O3S. The highest BCUT2D eigenvalue weighted by atomic mass is 32.1. The molecule has 0 heterocycles. The lowest BCUT2D eigenvalue weighted by atomic mass is 10.1. The average Bonchev–Trinajstić information content (AvgIpc) is 2.62. The smallest absolute Gasteiger partial charge is 0.303 e. The number of carboxylic acids is 1. The van der Waals surface area contributed by atoms with Crippen LogP contribution >= 0.6 is 12.6 Å². The molecule has 0 aliphatic heterocycles. The molecule has 0 saturated carbocycles. The SMILES string of the molecule is CC/C=C\C/C=C\C/C=C\C/C=C\C[C@H](S)/C=C/CC(=O)CCCC(=O)O. The summed E-state index contributed by atoms with van der Waals surface area (Å²) >= 11 is 4.48. The summed E-state index contributed by atoms with van der Waals surface area (Å²) in [5.41, 5.74) is 0. The second-order valence-corrected chi connectivity index (χ2v) is 6.89. The lowest BCUT2D eigenvalue weighted by molar-refractivity contribution is -0.137. The average molecular weight is 391 g/mol. The molecule has 1 N–H and O–H groups in total. The molecule has 0 aliphatic rings. The van der Waals surface area contributed by atoms with Crippen LogP contribution in [0.1, 0.15) is 64.7 Å². The number of carboxylic acid groups (broad SMARTS) is 1. The Bertz CT molecular complexity index is 542. The van der Waals surface area contributed by atoms with E-state index in [1.807, 2.05) is 12.2 Å². The first-order chi connectivity index (χ1) is 13.1. The monoisotopic (exact) mass is 390 g/mol. The van der Waals surface area contributed by atoms with Crippen LogP contribution in [-0.4, -0.2) is 22.1 Å². The molecule has 0 bridgehead atoms. The molecule has 1 atom stereocenters. The molecule has 0 amide bonds. The normalized spacial score (nSPS) is 13.7. The van der Waals surface area contributed by atoms with E-state index < -0.39 is 5.97 Å². The minimum Gasteiger partial charge on any atom is -0.481 e. The molecule has 0 radical (unpaired) electrons. The van der Waals surface area contributed by atoms with Crippen molar-refractivity contribution < 1.29 is 14.7 Å². The molecule has 0 aromatic rings. The second-order valence-electron chi connectivity index (χ2n) is 6.22. The van der Waals surface area contributed by atoms with E-state index >= 15 is 0 Å². The van der Waals surface area contributed by atoms with E-state index in [1.165, 1.54) is 0 Å². The first-order valence-corrected chi connectivity index (χ1v) is 10.3. The third-order valence-electron chi connectivity index (χ3n) is 3.65. The number of Topliss-reactive ketones (excluding diaryl/α,β-unsaturated/α-hetero) is 1. The Balaban J connectivity index is 3.74. The number of ketones is 1. The van der Waals surface area contributed by atoms with Gasteiger partial charge in [0.1, 0.15) is 5.78 Å². The molecule has 0 aromatic heterocycles. The highest BCUT2D eigenvalue weighted by molar-refractivity contribution is 7.81. The van der Waals surface area contributed by atoms with Crippen LogP contribution in [0.4, 0.5) is 0 Å². The number of hydrogen-bond acceptors (Lipinski definition) is 3. The fourth-order valence-electron chi connectivity index (χ4n) is 2.19. The minimum atomic E-state index is -0.855. The molecule has 150 valence electrons. The zero-order valence-corrected chi connectivity index (χ0v) is 17.3. The predicted molar refractivity (Wildman–Crippen MR) is 118 cm³/mol. The van der Waals surface area contributed by atoms with E-state index in [0.717, 1.165) is 32.1 Å². The number of carbonyl (C=O) groups excluding carboxylic acids is 1. The zero-order valence-electron chi connectivity index (χ0n) is 16.4. The molecule has 4 heteroatoms. The molecule has 0 unspecified atom stereocenters. The highest BCUT2D eigenvalue weighted by Gasteiger charge is 2.02. The largest absolute Gasteiger partial charge is 0.481 e. The van der Waals surface area contributed by atoms with Crippen LogP contribution in [0.2, 0.25) is 0 Å². The van der Waals surface area contributed by atoms with Crippen molar-refractivity contribution in [3.05, 3.63) is 60.8 Å². The topological polar surface area (TPSA) is 54.4 Å². The van der Waals surface area contributed by atoms with Crippen LogP contribution in [-0.2, 0) is 9.59 Å². The van der Waals surface area contributed by atoms with Crippen molar-refractivity contribution in [1.82, 2.24) is 0 Å². The van der Waals surface area contributed by atoms with Gasteiger partial charge in [0, 0.05) is 24.5 Å². The van der Waals surface area contributed by atoms with Crippen molar-refractivity contribution >= 4 is 24.4 Å². The van der Waals surface area contributed by atoms with Crippen molar-refractivity contribution in [3.8, 4) is 0 Å². The van der Waals surface area contributed by atoms with Crippen LogP contribution in [0.15, 0.2) is 60.8 Å². The third kappa shape index (κ3) is 20.4. The van der Waals surface area contributed by atoms with Crippen LogP contribution in [0, 0.1) is 0 Å². The van der Waals surface area contributed by atoms with Crippen LogP contribution in [0.25, 0.3) is 0 Å². The summed E-state index contributed by atoms with van der Waals surface area (Å²) < 4.78 is 0. The number of allylic oxidation sites excluding steroid dienone is 9. The predicted octanol–water partition coefficient (Wildman–Crippen LogP) is 6.25. The summed E-state index contributed by atoms with van der Waals surface area (Å²) in [6, 6.07) is 0. The van der Waals surface area contributed by atoms with Gasteiger partial charge in [-0.3, -0.25) is 9.59 Å². The van der Waals surface area contributed by atoms with Crippen LogP contribution in [0.3, 0.4) is 0 Å². The van der Waals surface area contributed by atoms with Crippen molar-refractivity contribution in [1.29, 1.82) is 0 Å². The minimum absolute atomic E-state index is 0.0521. The number of hydrogen-bond donors (Lipinski definition) is 2. The fourth-order valence-corrected chi connectivity index (χ4v) is 2.43. The van der Waals surface area contributed by atoms with Crippen LogP contribution < -0.4 is 0 Å². The lowest BCUT2D eigenvalue weighted by Crippen LogP contribution is -2.00. The maximum Gasteiger partial charge on any atom is 0.303 e. The van der Waals surface area contributed by atoms with Crippen molar-refractivity contribution in [2.75, 3.05) is 0 Å². The number of aliphatic carboxylic acids is 1. The number of thiol groups is 1. The molecule has 27 heavy (non-hydrogen) atoms. The van der Waals surface area contributed by atoms with E-state index in [9.17, 15) is 9.59 Å². The quantitative estimate of drug-likeness (QED) is 0.242. The molecule has 0 spiro atoms. The van der Waals surface area contributed by atoms with Gasteiger partial charge < -0.3 is 5.11 Å². The molecule has 0 saturated heterocycles. The van der Waals surface area contributed by atoms with Crippen molar-refractivity contribution in [3.63, 3.8) is 0 Å². The zero-order chi connectivity index (χ0) is 20.2. The summed E-state index contributed by atoms with van der Waals surface area (Å²) in [5.74, 6) is -0.782. The van der Waals surface area contributed by atoms with Gasteiger partial charge in [0.05, 0.1) is 0 Å². The maximum absolute atomic E-state index is 11.6. The van der Waals surface area contributed by atoms with Crippen LogP contribution in [0.5, 0.6) is 0 Å². The van der Waals surface area contributed by atoms with Gasteiger partial charge in [-0.1, -0.05) is 67.7 Å². The molecule has 0 fully saturated rings. The molecular weight excluding hydrogens is 356 g/mol. The van der Waals surface area contributed by atoms with Gasteiger partial charge in [-0.15, -0.1) is 0 Å². The van der Waals surface area contributed by atoms with Crippen molar-refractivity contribution in [2.45, 2.75) is 70.0 Å². The lowest BCUT2D eigenvalue weighted by Gasteiger charge is -2.00. The van der Waals surface area contributed by atoms with Gasteiger partial charge in [0.15, 0.2) is 0 Å². The Labute approximate surface area is 170 Å². The highest BCUT2D eigenvalue weighted by Crippen LogP contribution is 2.07. The Morgan fingerprint density at radius 3 is 1.96 bits per heavy atom. The number of rotatable bonds is 16. The Morgan fingerprint density at radius 1 is 0.852 bits per heavy atom. The second kappa shape index (κ2) is 19.0. The van der Waals surface area contributed by atoms with Gasteiger partial charge in [0.2, 0.25) is 0 Å². The van der Waals surface area contributed by atoms with Crippen molar-refractivity contribution in [2.24, 2.45) is 0 Å². The van der Waals surface area contributed by atoms with Gasteiger partial charge >= 0.3 is 5.97 Å². The maximum atomic E-state index is 11.6. The molecule has 0 aromatic carbocycles. The van der Waals surface area contributed by atoms with Gasteiger partial charge in [0.25, 0.3) is 0 Å². The van der Waals surface area contributed by atoms with Gasteiger partial charge in [-0.05, 0) is 38.5 Å². The standard InChI is InChI=1S/C23H34O3S/c1-2-3-4-5-6-7-8-9-10-11-12-13-18-22(27)19-14-16-21(24)17-15-20-23(25)26/h3-4,6-7,9-10,12-14,19,22,27H,2,5,8,11,15-18,20H2,1H3,(H,25,26)/b4-3-,7-6-,10-9-,13-12-,19-14+/t22-/m0/s1. The summed E-state index contributed by atoms with van der Waals surface area (Å²) in [6.07, 6.45) is 27.0. The summed E-state index contributed by atoms with van der Waals surface area (Å²) in [4.78, 5) is 22.0. The van der Waals surface area contributed by atoms with E-state index in [4.69, 9.17) is 5.11 Å². The Kier molecular flexibility index (Phi) is 17.7. The Morgan fingerprint density at radius 2 is 1.41 bits per heavy atom. The first-order valence-electron chi connectivity index (χ1n) is 9.74. The summed E-state index contributed by atoms with van der Waals surface area (Å²) in [5, 5.41) is 8.63. The molecule has 0 rings (SSSR count). The molecule has 3 nitrogen and oxygen atoms in total. The first kappa shape index (κ1) is 25.2. The summed E-state index contributed by atoms with van der Waals surface area (Å²) in [7, 11) is 0. The van der Waals surface area contributed by atoms with E-state index in [0.29, 0.717) is 19.3 Å². The van der Waals surface area contributed by atoms with Gasteiger partial charge in [-0.2, -0.15) is 12.6 Å².